The molecular weight excluding hydrogens is 398 g/mol. The molecule has 0 unspecified atom stereocenters. The van der Waals surface area contributed by atoms with E-state index in [-0.39, 0.29) is 29.4 Å². The molecule has 0 aliphatic heterocycles. The molecule has 0 bridgehead atoms. The number of hydrogen-bond acceptors (Lipinski definition) is 6. The van der Waals surface area contributed by atoms with Crippen LogP contribution in [0.2, 0.25) is 0 Å². The zero-order valence-electron chi connectivity index (χ0n) is 16.1. The van der Waals surface area contributed by atoms with E-state index < -0.39 is 18.5 Å². The van der Waals surface area contributed by atoms with Crippen LogP contribution in [0.5, 0.6) is 5.75 Å². The Hall–Kier alpha value is -3.82. The van der Waals surface area contributed by atoms with Crippen molar-refractivity contribution in [2.75, 3.05) is 11.9 Å². The molecule has 0 aliphatic rings. The number of nitrogens with one attached hydrogen (secondary N) is 1. The Labute approximate surface area is 170 Å². The summed E-state index contributed by atoms with van der Waals surface area (Å²) < 4.78 is 35.2. The van der Waals surface area contributed by atoms with Crippen LogP contribution in [0.3, 0.4) is 0 Å². The zero-order chi connectivity index (χ0) is 21.7. The van der Waals surface area contributed by atoms with Gasteiger partial charge in [0.2, 0.25) is 5.82 Å². The summed E-state index contributed by atoms with van der Waals surface area (Å²) in [7, 11) is 0. The molecule has 1 aromatic heterocycles. The molecule has 0 fully saturated rings. The van der Waals surface area contributed by atoms with Crippen LogP contribution in [0.4, 0.5) is 14.5 Å². The van der Waals surface area contributed by atoms with Crippen LogP contribution in [0, 0.1) is 6.92 Å². The maximum absolute atomic E-state index is 12.6. The highest BCUT2D eigenvalue weighted by Gasteiger charge is 2.19. The second-order valence-electron chi connectivity index (χ2n) is 5.99. The number of nitrogens with zero attached hydrogens (tertiary/aromatic N) is 3. The van der Waals surface area contributed by atoms with Crippen molar-refractivity contribution in [1.82, 2.24) is 14.8 Å². The molecule has 1 N–H and O–H groups in total. The maximum atomic E-state index is 12.6. The fourth-order valence-electron chi connectivity index (χ4n) is 2.66. The van der Waals surface area contributed by atoms with E-state index >= 15 is 0 Å². The SMILES string of the molecule is CCOC(=O)c1ccccc1NC(=O)c1nc(C)n(-c2ccc(OC(F)F)cc2)n1. The van der Waals surface area contributed by atoms with Crippen LogP contribution < -0.4 is 10.1 Å². The first kappa shape index (κ1) is 20.9. The lowest BCUT2D eigenvalue weighted by Gasteiger charge is -2.09. The van der Waals surface area contributed by atoms with Gasteiger partial charge < -0.3 is 14.8 Å². The minimum absolute atomic E-state index is 0.0000530. The van der Waals surface area contributed by atoms with E-state index in [4.69, 9.17) is 4.74 Å². The van der Waals surface area contributed by atoms with Gasteiger partial charge in [-0.2, -0.15) is 8.78 Å². The number of amides is 1. The standard InChI is InChI=1S/C20H18F2N4O4/c1-3-29-19(28)15-6-4-5-7-16(15)24-18(27)17-23-12(2)26(25-17)13-8-10-14(11-9-13)30-20(21)22/h4-11,20H,3H2,1-2H3,(H,24,27). The van der Waals surface area contributed by atoms with Crippen molar-refractivity contribution < 1.29 is 27.8 Å². The number of esters is 1. The molecule has 3 aromatic rings. The summed E-state index contributed by atoms with van der Waals surface area (Å²) >= 11 is 0. The summed E-state index contributed by atoms with van der Waals surface area (Å²) in [6.07, 6.45) is 0. The van der Waals surface area contributed by atoms with Crippen molar-refractivity contribution in [3.05, 3.63) is 65.7 Å². The number of aromatic nitrogens is 3. The summed E-state index contributed by atoms with van der Waals surface area (Å²) in [5.74, 6) is -0.902. The van der Waals surface area contributed by atoms with E-state index in [9.17, 15) is 18.4 Å². The Balaban J connectivity index is 1.80. The number of rotatable bonds is 7. The molecule has 0 saturated carbocycles. The van der Waals surface area contributed by atoms with Gasteiger partial charge in [-0.15, -0.1) is 5.10 Å². The first-order valence-electron chi connectivity index (χ1n) is 8.95. The van der Waals surface area contributed by atoms with Gasteiger partial charge in [-0.1, -0.05) is 12.1 Å². The molecule has 1 amide bonds. The van der Waals surface area contributed by atoms with E-state index in [0.29, 0.717) is 11.5 Å². The Bertz CT molecular complexity index is 1050. The first-order valence-corrected chi connectivity index (χ1v) is 8.95. The fourth-order valence-corrected chi connectivity index (χ4v) is 2.66. The normalized spacial score (nSPS) is 10.7. The summed E-state index contributed by atoms with van der Waals surface area (Å²) in [5, 5.41) is 6.77. The van der Waals surface area contributed by atoms with Gasteiger partial charge in [0.1, 0.15) is 11.6 Å². The second-order valence-corrected chi connectivity index (χ2v) is 5.99. The topological polar surface area (TPSA) is 95.3 Å². The zero-order valence-corrected chi connectivity index (χ0v) is 16.1. The minimum atomic E-state index is -2.92. The Morgan fingerprint density at radius 2 is 1.83 bits per heavy atom. The number of carbonyl (C=O) groups excluding carboxylic acids is 2. The molecule has 0 aliphatic carbocycles. The highest BCUT2D eigenvalue weighted by Crippen LogP contribution is 2.19. The Kier molecular flexibility index (Phi) is 6.35. The number of carbonyl (C=O) groups is 2. The summed E-state index contributed by atoms with van der Waals surface area (Å²) in [6.45, 7) is 0.606. The predicted molar refractivity (Wildman–Crippen MR) is 103 cm³/mol. The van der Waals surface area contributed by atoms with Crippen molar-refractivity contribution in [2.24, 2.45) is 0 Å². The van der Waals surface area contributed by atoms with Crippen molar-refractivity contribution in [3.63, 3.8) is 0 Å². The average Bonchev–Trinajstić information content (AvgIpc) is 3.10. The quantitative estimate of drug-likeness (QED) is 0.592. The van der Waals surface area contributed by atoms with Gasteiger partial charge >= 0.3 is 12.6 Å². The molecular formula is C20H18F2N4O4. The average molecular weight is 416 g/mol. The molecule has 0 saturated heterocycles. The van der Waals surface area contributed by atoms with Gasteiger partial charge in [0.05, 0.1) is 23.5 Å². The monoisotopic (exact) mass is 416 g/mol. The number of anilines is 1. The first-order chi connectivity index (χ1) is 14.4. The number of alkyl halides is 2. The molecule has 156 valence electrons. The third-order valence-corrected chi connectivity index (χ3v) is 3.95. The van der Waals surface area contributed by atoms with Crippen molar-refractivity contribution in [3.8, 4) is 11.4 Å². The van der Waals surface area contributed by atoms with Gasteiger partial charge in [0.15, 0.2) is 0 Å². The molecule has 10 heteroatoms. The molecule has 2 aromatic carbocycles. The molecule has 3 rings (SSSR count). The summed E-state index contributed by atoms with van der Waals surface area (Å²) in [4.78, 5) is 28.8. The summed E-state index contributed by atoms with van der Waals surface area (Å²) in [5.41, 5.74) is 0.981. The summed E-state index contributed by atoms with van der Waals surface area (Å²) in [6, 6.07) is 12.2. The lowest BCUT2D eigenvalue weighted by Crippen LogP contribution is -2.17. The van der Waals surface area contributed by atoms with E-state index in [1.54, 1.807) is 32.0 Å². The lowest BCUT2D eigenvalue weighted by molar-refractivity contribution is -0.0498. The van der Waals surface area contributed by atoms with Crippen molar-refractivity contribution >= 4 is 17.6 Å². The number of halogens is 2. The van der Waals surface area contributed by atoms with E-state index in [2.05, 4.69) is 20.1 Å². The maximum Gasteiger partial charge on any atom is 0.387 e. The smallest absolute Gasteiger partial charge is 0.387 e. The van der Waals surface area contributed by atoms with Crippen LogP contribution in [-0.2, 0) is 4.74 Å². The van der Waals surface area contributed by atoms with E-state index in [0.717, 1.165) is 0 Å². The lowest BCUT2D eigenvalue weighted by atomic mass is 10.2. The van der Waals surface area contributed by atoms with Gasteiger partial charge in [-0.05, 0) is 50.2 Å². The highest BCUT2D eigenvalue weighted by atomic mass is 19.3. The molecule has 0 spiro atoms. The van der Waals surface area contributed by atoms with Gasteiger partial charge in [0, 0.05) is 0 Å². The Morgan fingerprint density at radius 3 is 2.50 bits per heavy atom. The van der Waals surface area contributed by atoms with E-state index in [1.807, 2.05) is 0 Å². The van der Waals surface area contributed by atoms with Crippen LogP contribution >= 0.6 is 0 Å². The molecule has 0 radical (unpaired) electrons. The largest absolute Gasteiger partial charge is 0.462 e. The van der Waals surface area contributed by atoms with Gasteiger partial charge in [-0.3, -0.25) is 4.79 Å². The van der Waals surface area contributed by atoms with Crippen molar-refractivity contribution in [1.29, 1.82) is 0 Å². The number of hydrogen-bond donors (Lipinski definition) is 1. The molecule has 1 heterocycles. The molecule has 0 atom stereocenters. The van der Waals surface area contributed by atoms with Crippen molar-refractivity contribution in [2.45, 2.75) is 20.5 Å². The van der Waals surface area contributed by atoms with Gasteiger partial charge in [0.25, 0.3) is 5.91 Å². The van der Waals surface area contributed by atoms with Crippen LogP contribution in [0.1, 0.15) is 33.7 Å². The second kappa shape index (κ2) is 9.12. The van der Waals surface area contributed by atoms with E-state index in [1.165, 1.54) is 35.0 Å². The van der Waals surface area contributed by atoms with Crippen LogP contribution in [-0.4, -0.2) is 39.9 Å². The Morgan fingerprint density at radius 1 is 1.13 bits per heavy atom. The third-order valence-electron chi connectivity index (χ3n) is 3.95. The minimum Gasteiger partial charge on any atom is -0.462 e. The fraction of sp³-hybridized carbons (Fsp3) is 0.200. The number of ether oxygens (including phenoxy) is 2. The number of benzene rings is 2. The highest BCUT2D eigenvalue weighted by molar-refractivity contribution is 6.06. The predicted octanol–water partition coefficient (Wildman–Crippen LogP) is 3.61. The van der Waals surface area contributed by atoms with Gasteiger partial charge in [-0.25, -0.2) is 14.5 Å². The molecule has 8 nitrogen and oxygen atoms in total. The number of para-hydroxylation sites is 1. The van der Waals surface area contributed by atoms with Crippen LogP contribution in [0.15, 0.2) is 48.5 Å². The third kappa shape index (κ3) is 4.77. The number of aryl methyl sites for hydroxylation is 1. The molecule has 30 heavy (non-hydrogen) atoms. The van der Waals surface area contributed by atoms with Crippen LogP contribution in [0.25, 0.3) is 5.69 Å².